The first-order chi connectivity index (χ1) is 12.0. The lowest BCUT2D eigenvalue weighted by Crippen LogP contribution is -2.34. The number of carbonyl (C=O) groups excluding carboxylic acids is 1. The molecule has 0 fully saturated rings. The zero-order valence-electron chi connectivity index (χ0n) is 13.2. The zero-order valence-corrected chi connectivity index (χ0v) is 15.5. The van der Waals surface area contributed by atoms with Crippen molar-refractivity contribution < 1.29 is 18.0 Å². The van der Waals surface area contributed by atoms with Gasteiger partial charge in [0.1, 0.15) is 11.6 Å². The van der Waals surface area contributed by atoms with E-state index in [4.69, 9.17) is 34.8 Å². The molecular weight excluding hydrogens is 416 g/mol. The van der Waals surface area contributed by atoms with Crippen LogP contribution in [-0.2, 0) is 17.5 Å². The Kier molecular flexibility index (Phi) is 6.26. The number of pyridine rings is 1. The lowest BCUT2D eigenvalue weighted by Gasteiger charge is -2.16. The van der Waals surface area contributed by atoms with Crippen LogP contribution in [0.4, 0.5) is 13.2 Å². The number of carbonyl (C=O) groups is 1. The molecule has 0 aliphatic carbocycles. The fraction of sp³-hybridized carbons (Fsp3) is 0.250. The molecule has 0 aliphatic heterocycles. The van der Waals surface area contributed by atoms with Gasteiger partial charge in [-0.1, -0.05) is 40.9 Å². The van der Waals surface area contributed by atoms with Crippen LogP contribution in [0, 0.1) is 0 Å². The third kappa shape index (κ3) is 4.93. The van der Waals surface area contributed by atoms with Gasteiger partial charge in [-0.15, -0.1) is 0 Å². The molecule has 2 aromatic rings. The van der Waals surface area contributed by atoms with Crippen molar-refractivity contribution in [1.29, 1.82) is 0 Å². The molecule has 1 N–H and O–H groups in total. The maximum atomic E-state index is 12.8. The van der Waals surface area contributed by atoms with Crippen molar-refractivity contribution >= 4 is 40.7 Å². The lowest BCUT2D eigenvalue weighted by molar-refractivity contribution is -0.138. The van der Waals surface area contributed by atoms with Crippen molar-refractivity contribution in [2.24, 2.45) is 0 Å². The number of hydrogen-bond donors (Lipinski definition) is 1. The van der Waals surface area contributed by atoms with Crippen molar-refractivity contribution in [2.75, 3.05) is 0 Å². The highest BCUT2D eigenvalue weighted by molar-refractivity contribution is 6.42. The van der Waals surface area contributed by atoms with Crippen LogP contribution in [0.5, 0.6) is 0 Å². The normalized spacial score (nSPS) is 12.7. The highest BCUT2D eigenvalue weighted by atomic mass is 35.5. The molecule has 0 bridgehead atoms. The molecule has 26 heavy (non-hydrogen) atoms. The molecule has 0 aliphatic rings. The van der Waals surface area contributed by atoms with Gasteiger partial charge in [0.2, 0.25) is 5.91 Å². The Morgan fingerprint density at radius 2 is 1.81 bits per heavy atom. The van der Waals surface area contributed by atoms with E-state index in [2.05, 4.69) is 5.32 Å². The molecule has 4 nitrogen and oxygen atoms in total. The Balaban J connectivity index is 2.18. The molecule has 1 amide bonds. The first kappa shape index (κ1) is 20.6. The maximum Gasteiger partial charge on any atom is 0.417 e. The molecule has 0 spiro atoms. The summed E-state index contributed by atoms with van der Waals surface area (Å²) in [5, 5.41) is 2.60. The molecule has 1 unspecified atom stereocenters. The summed E-state index contributed by atoms with van der Waals surface area (Å²) in [6, 6.07) is 4.78. The Bertz CT molecular complexity index is 897. The van der Waals surface area contributed by atoms with Gasteiger partial charge < -0.3 is 9.88 Å². The quantitative estimate of drug-likeness (QED) is 0.769. The third-order valence-corrected chi connectivity index (χ3v) is 4.51. The molecule has 0 radical (unpaired) electrons. The van der Waals surface area contributed by atoms with Crippen LogP contribution in [0.25, 0.3) is 0 Å². The van der Waals surface area contributed by atoms with E-state index >= 15 is 0 Å². The van der Waals surface area contributed by atoms with Gasteiger partial charge in [-0.3, -0.25) is 9.59 Å². The highest BCUT2D eigenvalue weighted by Crippen LogP contribution is 2.29. The molecule has 0 saturated carbocycles. The molecule has 1 heterocycles. The number of aromatic nitrogens is 1. The van der Waals surface area contributed by atoms with Crippen molar-refractivity contribution in [1.82, 2.24) is 9.88 Å². The maximum absolute atomic E-state index is 12.8. The van der Waals surface area contributed by atoms with Crippen LogP contribution < -0.4 is 10.9 Å². The van der Waals surface area contributed by atoms with Crippen LogP contribution in [0.15, 0.2) is 35.3 Å². The first-order valence-electron chi connectivity index (χ1n) is 7.20. The first-order valence-corrected chi connectivity index (χ1v) is 8.34. The van der Waals surface area contributed by atoms with E-state index in [1.165, 1.54) is 0 Å². The Morgan fingerprint density at radius 3 is 2.38 bits per heavy atom. The second-order valence-electron chi connectivity index (χ2n) is 5.47. The smallest absolute Gasteiger partial charge is 0.348 e. The number of benzene rings is 1. The van der Waals surface area contributed by atoms with Gasteiger partial charge in [-0.05, 0) is 30.7 Å². The number of nitrogens with zero attached hydrogens (tertiary/aromatic N) is 1. The minimum atomic E-state index is -4.69. The van der Waals surface area contributed by atoms with Gasteiger partial charge in [0, 0.05) is 6.20 Å². The van der Waals surface area contributed by atoms with Crippen molar-refractivity contribution in [3.05, 3.63) is 67.0 Å². The molecular formula is C16H12Cl3F3N2O2. The summed E-state index contributed by atoms with van der Waals surface area (Å²) in [6.45, 7) is 1.04. The van der Waals surface area contributed by atoms with Crippen LogP contribution in [0.1, 0.15) is 24.1 Å². The van der Waals surface area contributed by atoms with Crippen LogP contribution in [0.2, 0.25) is 15.1 Å². The fourth-order valence-corrected chi connectivity index (χ4v) is 2.71. The molecule has 0 saturated heterocycles. The molecule has 10 heteroatoms. The predicted molar refractivity (Wildman–Crippen MR) is 93.7 cm³/mol. The van der Waals surface area contributed by atoms with Gasteiger partial charge in [-0.25, -0.2) is 0 Å². The number of hydrogen-bond acceptors (Lipinski definition) is 2. The summed E-state index contributed by atoms with van der Waals surface area (Å²) in [5.74, 6) is -0.666. The molecule has 1 aromatic carbocycles. The van der Waals surface area contributed by atoms with Crippen molar-refractivity contribution in [3.63, 3.8) is 0 Å². The van der Waals surface area contributed by atoms with E-state index in [0.29, 0.717) is 32.4 Å². The summed E-state index contributed by atoms with van der Waals surface area (Å²) in [6.07, 6.45) is -4.14. The molecule has 1 aromatic heterocycles. The largest absolute Gasteiger partial charge is 0.417 e. The van der Waals surface area contributed by atoms with E-state index in [1.54, 1.807) is 25.1 Å². The fourth-order valence-electron chi connectivity index (χ4n) is 2.18. The Morgan fingerprint density at radius 1 is 1.15 bits per heavy atom. The van der Waals surface area contributed by atoms with E-state index in [0.717, 1.165) is 0 Å². The van der Waals surface area contributed by atoms with Gasteiger partial charge in [-0.2, -0.15) is 13.2 Å². The molecule has 1 atom stereocenters. The average molecular weight is 428 g/mol. The molecule has 140 valence electrons. The zero-order chi connectivity index (χ0) is 19.6. The SMILES string of the molecule is CC(NC(=O)Cn1cc(C(F)(F)F)cc(Cl)c1=O)c1ccc(Cl)c(Cl)c1. The Hall–Kier alpha value is -1.70. The van der Waals surface area contributed by atoms with Gasteiger partial charge in [0.15, 0.2) is 0 Å². The van der Waals surface area contributed by atoms with Gasteiger partial charge >= 0.3 is 6.18 Å². The van der Waals surface area contributed by atoms with Crippen LogP contribution >= 0.6 is 34.8 Å². The monoisotopic (exact) mass is 426 g/mol. The summed E-state index contributed by atoms with van der Waals surface area (Å²) in [5.41, 5.74) is -1.37. The van der Waals surface area contributed by atoms with Gasteiger partial charge in [0.25, 0.3) is 5.56 Å². The average Bonchev–Trinajstić information content (AvgIpc) is 2.53. The second-order valence-corrected chi connectivity index (χ2v) is 6.69. The predicted octanol–water partition coefficient (Wildman–Crippen LogP) is 4.70. The number of halogens is 6. The lowest BCUT2D eigenvalue weighted by atomic mass is 10.1. The molecule has 2 rings (SSSR count). The highest BCUT2D eigenvalue weighted by Gasteiger charge is 2.32. The third-order valence-electron chi connectivity index (χ3n) is 3.50. The van der Waals surface area contributed by atoms with E-state index < -0.39 is 40.8 Å². The second kappa shape index (κ2) is 7.90. The Labute approximate surface area is 161 Å². The number of alkyl halides is 3. The summed E-state index contributed by atoms with van der Waals surface area (Å²) in [7, 11) is 0. The van der Waals surface area contributed by atoms with E-state index in [9.17, 15) is 22.8 Å². The standard InChI is InChI=1S/C16H12Cl3F3N2O2/c1-8(9-2-3-11(17)12(18)4-9)23-14(25)7-24-6-10(16(20,21)22)5-13(19)15(24)26/h2-6,8H,7H2,1H3,(H,23,25). The van der Waals surface area contributed by atoms with Crippen LogP contribution in [0.3, 0.4) is 0 Å². The number of rotatable bonds is 4. The van der Waals surface area contributed by atoms with Crippen LogP contribution in [-0.4, -0.2) is 10.5 Å². The number of amides is 1. The van der Waals surface area contributed by atoms with E-state index in [-0.39, 0.29) is 0 Å². The van der Waals surface area contributed by atoms with Crippen molar-refractivity contribution in [2.45, 2.75) is 25.7 Å². The summed E-state index contributed by atoms with van der Waals surface area (Å²) < 4.78 is 39.1. The number of nitrogens with one attached hydrogen (secondary N) is 1. The summed E-state index contributed by atoms with van der Waals surface area (Å²) >= 11 is 17.3. The topological polar surface area (TPSA) is 51.1 Å². The minimum absolute atomic E-state index is 0.297. The summed E-state index contributed by atoms with van der Waals surface area (Å²) in [4.78, 5) is 24.0. The van der Waals surface area contributed by atoms with Crippen molar-refractivity contribution in [3.8, 4) is 0 Å². The van der Waals surface area contributed by atoms with Gasteiger partial charge in [0.05, 0.1) is 21.7 Å². The van der Waals surface area contributed by atoms with E-state index in [1.807, 2.05) is 0 Å². The minimum Gasteiger partial charge on any atom is -0.348 e.